The molecular formula is C103H152ClFN20O21. The quantitative estimate of drug-likeness (QED) is 0.0162. The van der Waals surface area contributed by atoms with Crippen LogP contribution in [-0.4, -0.2) is 304 Å². The van der Waals surface area contributed by atoms with E-state index in [-0.39, 0.29) is 176 Å². The third-order valence-corrected chi connectivity index (χ3v) is 26.2. The van der Waals surface area contributed by atoms with Crippen molar-refractivity contribution in [3.63, 3.8) is 0 Å². The van der Waals surface area contributed by atoms with Crippen molar-refractivity contribution in [1.29, 1.82) is 0 Å². The van der Waals surface area contributed by atoms with Crippen LogP contribution >= 0.6 is 11.6 Å². The van der Waals surface area contributed by atoms with Gasteiger partial charge in [-0.1, -0.05) is 123 Å². The van der Waals surface area contributed by atoms with Crippen LogP contribution in [0.25, 0.3) is 33.5 Å². The molecule has 2 saturated heterocycles. The van der Waals surface area contributed by atoms with Crippen molar-refractivity contribution >= 4 is 117 Å². The fourth-order valence-corrected chi connectivity index (χ4v) is 18.0. The van der Waals surface area contributed by atoms with Gasteiger partial charge in [-0.15, -0.1) is 0 Å². The first-order valence-electron chi connectivity index (χ1n) is 50.3. The van der Waals surface area contributed by atoms with Gasteiger partial charge in [-0.3, -0.25) is 57.6 Å². The number of halogens is 2. The number of anilines is 3. The Morgan fingerprint density at radius 1 is 0.664 bits per heavy atom. The number of rotatable bonds is 61. The molecule has 8 rings (SSSR count). The lowest BCUT2D eigenvalue weighted by Crippen LogP contribution is -2.60. The fraction of sp³-hybridized carbons (Fsp3) is 0.583. The highest BCUT2D eigenvalue weighted by Crippen LogP contribution is 2.45. The summed E-state index contributed by atoms with van der Waals surface area (Å²) >= 11 is 6.39. The molecule has 0 unspecified atom stereocenters. The van der Waals surface area contributed by atoms with Crippen molar-refractivity contribution in [3.8, 4) is 22.5 Å². The summed E-state index contributed by atoms with van der Waals surface area (Å²) in [4.78, 5) is 199. The zero-order valence-corrected chi connectivity index (χ0v) is 87.2. The molecule has 0 spiro atoms. The van der Waals surface area contributed by atoms with Crippen LogP contribution in [0.5, 0.6) is 0 Å². The molecule has 19 N–H and O–H groups in total. The number of carbonyl (C=O) groups is 13. The van der Waals surface area contributed by atoms with Crippen LogP contribution < -0.4 is 75.3 Å². The van der Waals surface area contributed by atoms with Crippen LogP contribution in [0.4, 0.5) is 31.2 Å². The zero-order valence-electron chi connectivity index (χ0n) is 86.4. The molecule has 2 aromatic heterocycles. The molecule has 6 aromatic rings. The number of carboxylic acid groups (broad SMARTS) is 1. The van der Waals surface area contributed by atoms with E-state index in [1.807, 2.05) is 51.1 Å². The molecule has 804 valence electrons. The van der Waals surface area contributed by atoms with E-state index < -0.39 is 151 Å². The van der Waals surface area contributed by atoms with E-state index in [1.54, 1.807) is 97.8 Å². The molecule has 0 aliphatic carbocycles. The van der Waals surface area contributed by atoms with Crippen molar-refractivity contribution < 1.29 is 105 Å². The third-order valence-electron chi connectivity index (χ3n) is 26.0. The van der Waals surface area contributed by atoms with Crippen molar-refractivity contribution in [1.82, 2.24) is 72.2 Å². The van der Waals surface area contributed by atoms with Crippen molar-refractivity contribution in [2.24, 2.45) is 46.8 Å². The van der Waals surface area contributed by atoms with Gasteiger partial charge in [-0.2, -0.15) is 0 Å². The summed E-state index contributed by atoms with van der Waals surface area (Å²) in [6, 6.07) is 14.5. The molecule has 12 atom stereocenters. The Bertz CT molecular complexity index is 5290. The van der Waals surface area contributed by atoms with E-state index in [0.29, 0.717) is 84.3 Å². The molecule has 41 nitrogen and oxygen atoms in total. The minimum atomic E-state index is -1.46. The fourth-order valence-electron chi connectivity index (χ4n) is 17.8. The van der Waals surface area contributed by atoms with Gasteiger partial charge in [0.05, 0.1) is 106 Å². The number of aliphatic hydroxyl groups is 1. The minimum absolute atomic E-state index is 0.00191. The largest absolute Gasteiger partial charge is 0.481 e. The normalized spacial score (nSPS) is 15.6. The molecule has 0 bridgehead atoms. The molecule has 4 aromatic carbocycles. The first-order valence-corrected chi connectivity index (χ1v) is 50.7. The summed E-state index contributed by atoms with van der Waals surface area (Å²) in [7, 11) is 4.44. The smallest absolute Gasteiger partial charge is 0.410 e. The lowest BCUT2D eigenvalue weighted by atomic mass is 9.89. The summed E-state index contributed by atoms with van der Waals surface area (Å²) in [6.45, 7) is 22.2. The highest BCUT2D eigenvalue weighted by atomic mass is 35.5. The number of pyridine rings is 1. The second-order valence-corrected chi connectivity index (χ2v) is 38.7. The number of H-pyrrole nitrogens is 1. The number of nitrogens with zero attached hydrogens (tertiary/aromatic N) is 6. The second kappa shape index (κ2) is 60.1. The van der Waals surface area contributed by atoms with Gasteiger partial charge < -0.3 is 129 Å². The number of aromatic nitrogens is 3. The van der Waals surface area contributed by atoms with E-state index >= 15 is 4.39 Å². The van der Waals surface area contributed by atoms with Gasteiger partial charge in [0.15, 0.2) is 0 Å². The molecule has 146 heavy (non-hydrogen) atoms. The van der Waals surface area contributed by atoms with E-state index in [1.165, 1.54) is 49.4 Å². The van der Waals surface area contributed by atoms with Gasteiger partial charge in [-0.25, -0.2) is 23.9 Å². The van der Waals surface area contributed by atoms with Crippen LogP contribution in [0, 0.1) is 42.3 Å². The average molecular weight is 2060 g/mol. The Morgan fingerprint density at radius 2 is 1.32 bits per heavy atom. The topological polar surface area (TPSA) is 571 Å². The third kappa shape index (κ3) is 36.7. The summed E-state index contributed by atoms with van der Waals surface area (Å²) in [5, 5.41) is 49.0. The average Bonchev–Trinajstić information content (AvgIpc) is 1.50. The van der Waals surface area contributed by atoms with Gasteiger partial charge in [-0.05, 0) is 148 Å². The second-order valence-electron chi connectivity index (χ2n) is 38.3. The number of carboxylic acids is 1. The number of primary amides is 1. The zero-order chi connectivity index (χ0) is 107. The highest BCUT2D eigenvalue weighted by Gasteiger charge is 2.43. The maximum atomic E-state index is 15.0. The number of imidazole rings is 1. The predicted molar refractivity (Wildman–Crippen MR) is 551 cm³/mol. The molecule has 2 aliphatic heterocycles. The number of aliphatic carboxylic acids is 1. The number of piperidine rings is 1. The first-order chi connectivity index (χ1) is 69.6. The Balaban J connectivity index is 0.778. The van der Waals surface area contributed by atoms with Crippen LogP contribution in [-0.2, 0) is 83.0 Å². The van der Waals surface area contributed by atoms with Gasteiger partial charge >= 0.3 is 18.1 Å². The van der Waals surface area contributed by atoms with Crippen LogP contribution in [0.1, 0.15) is 186 Å². The first kappa shape index (κ1) is 119. The number of benzene rings is 4. The number of carbonyl (C=O) groups excluding carboxylic acids is 12. The van der Waals surface area contributed by atoms with Crippen molar-refractivity contribution in [3.05, 3.63) is 124 Å². The van der Waals surface area contributed by atoms with Crippen molar-refractivity contribution in [2.45, 2.75) is 233 Å². The Morgan fingerprint density at radius 3 is 1.94 bits per heavy atom. The number of hydrogen-bond donors (Lipinski definition) is 16. The molecule has 0 radical (unpaired) electrons. The van der Waals surface area contributed by atoms with Crippen LogP contribution in [0.2, 0.25) is 5.02 Å². The number of nitrogens with one attached hydrogen (secondary N) is 11. The van der Waals surface area contributed by atoms with Crippen molar-refractivity contribution in [2.75, 3.05) is 142 Å². The van der Waals surface area contributed by atoms with Gasteiger partial charge in [0.2, 0.25) is 53.2 Å². The number of amides is 13. The SMILES string of the molecule is CC[C@H](C)[C@@H]([C@@H](CC(=O)N1CCC[C@H]1C[C@@H](C)C(=O)N[C@H](C)[C@@H](O)c1ccccc1)OC)N(C)C(=O)[C@@H](NC(=O)[C@H](C(C)C)N(C)C(=O)OCc1ccc(NC(=O)[C@H](CCCNC(N)=O)NC(=O)[C@@H](NC(=O)[C@H](CCC(=O)O)NC(=O)CCOCCOCCOCCOCCC(=O)NCCNc2ncc(-c3cc(C)cc(F)c3)c(N3CCC(N)CC3)c2-c2nc3ccc(Cl)cc3[nH]2)C(C)C)cc1C(=O)NCCN)C(C)C. The number of aliphatic hydroxyl groups excluding tert-OH is 1. The van der Waals surface area contributed by atoms with Gasteiger partial charge in [0.1, 0.15) is 54.3 Å². The number of aromatic amines is 1. The highest BCUT2D eigenvalue weighted by molar-refractivity contribution is 6.31. The maximum Gasteiger partial charge on any atom is 0.410 e. The van der Waals surface area contributed by atoms with Gasteiger partial charge in [0, 0.05) is 144 Å². The number of likely N-dealkylation sites (tertiary alicyclic amines) is 1. The maximum absolute atomic E-state index is 15.0. The van der Waals surface area contributed by atoms with Crippen LogP contribution in [0.15, 0.2) is 91.1 Å². The lowest BCUT2D eigenvalue weighted by Gasteiger charge is -2.40. The number of hydrogen-bond acceptors (Lipinski definition) is 26. The summed E-state index contributed by atoms with van der Waals surface area (Å²) in [6.07, 6.45) is 1.63. The van der Waals surface area contributed by atoms with E-state index in [4.69, 9.17) is 67.2 Å². The standard InChI is InChI=1S/C103H152ClFN20O21/c1-15-64(9)90(81(141-14)57-84(128)125-40-20-23-74(125)53-65(10)95(132)114-66(11)92(131)67-21-17-16-18-22-67)122(12)101(138)88(61(4)5)121-100(137)89(62(6)7)123(13)103(140)146-59-68-25-27-73(56-75(68)96(133)111-37-35-106)115-97(134)78(24-19-36-112-102(108)139)119-99(136)87(60(2)3)120-98(135)79(29-30-85(129)130)116-83(127)34-44-143-46-48-145-50-49-144-47-45-142-43-33-82(126)109-38-39-110-93-86(94-117-77-28-26-70(104)55-80(77)118-94)91(124-41-31-72(107)32-42-124)76(58-113-93)69-51-63(8)52-71(105)54-69/h16-18,21-22,25-28,51-52,54-56,58,60-62,64-66,72,74,78-79,81,87-90,92,131H,15,19-20,23-24,29-50,53,57,59,106-107H2,1-14H3,(H,109,126)(H,110,113)(H,111,133)(H,114,132)(H,115,134)(H,116,127)(H,117,118)(H,119,136)(H,120,135)(H,121,137)(H,129,130)(H3,108,112,139)/t64-,65+,66+,74-,78-,79-,81+,87-,88-,89-,90-,92+/m0/s1. The summed E-state index contributed by atoms with van der Waals surface area (Å²) in [5.74, 6) is -8.89. The lowest BCUT2D eigenvalue weighted by molar-refractivity contribution is -0.146. The predicted octanol–water partition coefficient (Wildman–Crippen LogP) is 7.71. The number of likely N-dealkylation sites (N-methyl/N-ethyl adjacent to an activating group) is 2. The van der Waals surface area contributed by atoms with Gasteiger partial charge in [0.25, 0.3) is 5.91 Å². The van der Waals surface area contributed by atoms with Crippen LogP contribution in [0.3, 0.4) is 0 Å². The molecular weight excluding hydrogens is 1910 g/mol. The number of methoxy groups -OCH3 is 1. The number of nitrogens with two attached hydrogens (primary N) is 3. The van der Waals surface area contributed by atoms with E-state index in [2.05, 4.69) is 63.1 Å². The monoisotopic (exact) mass is 2060 g/mol. The number of urea groups is 1. The molecule has 13 amide bonds. The Kier molecular flexibility index (Phi) is 49.0. The number of fused-ring (bicyclic) bond motifs is 1. The van der Waals surface area contributed by atoms with E-state index in [0.717, 1.165) is 46.5 Å². The Hall–Kier alpha value is -12.3. The number of aryl methyl sites for hydroxylation is 1. The molecule has 2 aliphatic rings. The Labute approximate surface area is 858 Å². The molecule has 0 saturated carbocycles. The molecule has 4 heterocycles. The molecule has 2 fully saturated rings. The minimum Gasteiger partial charge on any atom is -0.481 e. The summed E-state index contributed by atoms with van der Waals surface area (Å²) in [5.41, 5.74) is 23.3. The summed E-state index contributed by atoms with van der Waals surface area (Å²) < 4.78 is 49.4. The number of ether oxygens (including phenoxy) is 6. The van der Waals surface area contributed by atoms with E-state index in [9.17, 15) is 72.5 Å². The molecule has 43 heteroatoms.